The molecular weight excluding hydrogens is 324 g/mol. The second-order valence-corrected chi connectivity index (χ2v) is 5.41. The van der Waals surface area contributed by atoms with Gasteiger partial charge >= 0.3 is 5.84 Å². The van der Waals surface area contributed by atoms with Crippen LogP contribution in [0.2, 0.25) is 0 Å². The van der Waals surface area contributed by atoms with Crippen molar-refractivity contribution in [1.82, 2.24) is 24.8 Å². The van der Waals surface area contributed by atoms with Crippen LogP contribution in [-0.2, 0) is 0 Å². The van der Waals surface area contributed by atoms with Gasteiger partial charge in [-0.2, -0.15) is 4.52 Å². The van der Waals surface area contributed by atoms with Crippen LogP contribution in [0.1, 0.15) is 0 Å². The third-order valence-electron chi connectivity index (χ3n) is 3.92. The predicted molar refractivity (Wildman–Crippen MR) is 87.1 cm³/mol. The molecule has 3 aromatic rings. The molecule has 0 amide bonds. The molecule has 0 spiro atoms. The predicted octanol–water partition coefficient (Wildman–Crippen LogP) is 2.95. The fourth-order valence-corrected chi connectivity index (χ4v) is 2.72. The molecule has 0 radical (unpaired) electrons. The summed E-state index contributed by atoms with van der Waals surface area (Å²) in [4.78, 5) is 14.8. The van der Waals surface area contributed by atoms with Crippen LogP contribution in [-0.4, -0.2) is 29.7 Å². The maximum Gasteiger partial charge on any atom is 0.346 e. The molecule has 2 aliphatic heterocycles. The fraction of sp³-hybridized carbons (Fsp3) is 0. The van der Waals surface area contributed by atoms with Crippen LogP contribution in [0.3, 0.4) is 0 Å². The number of hydrogen-bond acceptors (Lipinski definition) is 7. The minimum atomic E-state index is -0.459. The summed E-state index contributed by atoms with van der Waals surface area (Å²) in [5, 5.41) is 24.3. The van der Waals surface area contributed by atoms with Crippen LogP contribution in [0.5, 0.6) is 0 Å². The number of benzene rings is 2. The van der Waals surface area contributed by atoms with Gasteiger partial charge in [0.05, 0.1) is 10.4 Å². The van der Waals surface area contributed by atoms with Crippen molar-refractivity contribution in [3.8, 4) is 23.0 Å². The molecule has 9 nitrogen and oxygen atoms in total. The van der Waals surface area contributed by atoms with Gasteiger partial charge < -0.3 is 4.42 Å². The Kier molecular flexibility index (Phi) is 2.60. The molecule has 0 aliphatic carbocycles. The summed E-state index contributed by atoms with van der Waals surface area (Å²) < 4.78 is 7.11. The highest BCUT2D eigenvalue weighted by atomic mass is 16.6. The number of non-ortho nitro benzene ring substituents is 1. The molecule has 0 saturated carbocycles. The zero-order valence-corrected chi connectivity index (χ0v) is 12.5. The monoisotopic (exact) mass is 332 g/mol. The minimum Gasteiger partial charge on any atom is -0.402 e. The van der Waals surface area contributed by atoms with E-state index in [2.05, 4.69) is 20.3 Å². The number of fused-ring (bicyclic) bond motifs is 5. The topological polar surface area (TPSA) is 112 Å². The van der Waals surface area contributed by atoms with Gasteiger partial charge in [0.2, 0.25) is 5.89 Å². The number of nitro benzene ring substituents is 1. The van der Waals surface area contributed by atoms with Gasteiger partial charge in [-0.25, -0.2) is 4.98 Å². The quantitative estimate of drug-likeness (QED) is 0.361. The molecule has 0 fully saturated rings. The van der Waals surface area contributed by atoms with Crippen molar-refractivity contribution < 1.29 is 9.34 Å². The highest BCUT2D eigenvalue weighted by molar-refractivity contribution is 5.94. The molecule has 2 aliphatic rings. The van der Waals surface area contributed by atoms with Crippen molar-refractivity contribution in [3.05, 3.63) is 58.6 Å². The van der Waals surface area contributed by atoms with E-state index >= 15 is 0 Å². The maximum atomic E-state index is 10.8. The van der Waals surface area contributed by atoms with E-state index in [9.17, 15) is 10.1 Å². The van der Waals surface area contributed by atoms with Gasteiger partial charge in [0.15, 0.2) is 5.82 Å². The summed E-state index contributed by atoms with van der Waals surface area (Å²) in [6, 6.07) is 13.5. The second kappa shape index (κ2) is 4.81. The summed E-state index contributed by atoms with van der Waals surface area (Å²) in [5.41, 5.74) is 2.03. The van der Waals surface area contributed by atoms with Gasteiger partial charge in [-0.3, -0.25) is 10.1 Å². The Morgan fingerprint density at radius 3 is 2.64 bits per heavy atom. The zero-order chi connectivity index (χ0) is 17.0. The summed E-state index contributed by atoms with van der Waals surface area (Å²) in [6.45, 7) is 0. The number of para-hydroxylation sites is 1. The van der Waals surface area contributed by atoms with Gasteiger partial charge in [0.25, 0.3) is 5.69 Å². The highest BCUT2D eigenvalue weighted by Gasteiger charge is 2.21. The Hall–Kier alpha value is -3.88. The first-order chi connectivity index (χ1) is 12.2. The number of nitro groups is 1. The number of aromatic nitrogens is 5. The average Bonchev–Trinajstić information content (AvgIpc) is 3.23. The van der Waals surface area contributed by atoms with Crippen molar-refractivity contribution in [1.29, 1.82) is 0 Å². The van der Waals surface area contributed by atoms with E-state index in [4.69, 9.17) is 4.42 Å². The lowest BCUT2D eigenvalue weighted by molar-refractivity contribution is -0.384. The van der Waals surface area contributed by atoms with E-state index in [0.717, 1.165) is 10.9 Å². The largest absolute Gasteiger partial charge is 0.402 e. The molecule has 9 heteroatoms. The van der Waals surface area contributed by atoms with Gasteiger partial charge in [0, 0.05) is 23.1 Å². The van der Waals surface area contributed by atoms with E-state index < -0.39 is 4.92 Å². The minimum absolute atomic E-state index is 0.00125. The first-order valence-corrected chi connectivity index (χ1v) is 7.36. The molecule has 25 heavy (non-hydrogen) atoms. The normalized spacial score (nSPS) is 11.5. The van der Waals surface area contributed by atoms with Gasteiger partial charge in [-0.05, 0) is 18.2 Å². The Balaban J connectivity index is 1.70. The Morgan fingerprint density at radius 2 is 1.84 bits per heavy atom. The summed E-state index contributed by atoms with van der Waals surface area (Å²) >= 11 is 0. The van der Waals surface area contributed by atoms with Gasteiger partial charge in [-0.15, -0.1) is 10.2 Å². The van der Waals surface area contributed by atoms with Crippen LogP contribution in [0.4, 0.5) is 5.69 Å². The molecule has 120 valence electrons. The first kappa shape index (κ1) is 13.5. The van der Waals surface area contributed by atoms with Crippen LogP contribution in [0.15, 0.2) is 52.9 Å². The summed E-state index contributed by atoms with van der Waals surface area (Å²) in [7, 11) is 0. The lowest BCUT2D eigenvalue weighted by Crippen LogP contribution is -2.00. The van der Waals surface area contributed by atoms with Crippen LogP contribution >= 0.6 is 0 Å². The van der Waals surface area contributed by atoms with Crippen molar-refractivity contribution in [2.24, 2.45) is 0 Å². The molecule has 0 bridgehead atoms. The third-order valence-corrected chi connectivity index (χ3v) is 3.92. The van der Waals surface area contributed by atoms with Crippen molar-refractivity contribution in [2.45, 2.75) is 0 Å². The molecule has 3 heterocycles. The average molecular weight is 332 g/mol. The zero-order valence-electron chi connectivity index (χ0n) is 12.5. The van der Waals surface area contributed by atoms with Gasteiger partial charge in [0.1, 0.15) is 5.69 Å². The fourth-order valence-electron chi connectivity index (χ4n) is 2.72. The molecule has 0 saturated heterocycles. The van der Waals surface area contributed by atoms with E-state index in [1.165, 1.54) is 16.6 Å². The molecule has 0 atom stereocenters. The van der Waals surface area contributed by atoms with Crippen molar-refractivity contribution in [3.63, 3.8) is 0 Å². The Labute approximate surface area is 139 Å². The van der Waals surface area contributed by atoms with Gasteiger partial charge in [-0.1, -0.05) is 23.3 Å². The smallest absolute Gasteiger partial charge is 0.346 e. The number of hydrogen-bond donors (Lipinski definition) is 0. The Bertz CT molecular complexity index is 1220. The molecule has 0 unspecified atom stereocenters. The number of rotatable bonds is 2. The highest BCUT2D eigenvalue weighted by Crippen LogP contribution is 2.30. The second-order valence-electron chi connectivity index (χ2n) is 5.41. The molecule has 2 aromatic carbocycles. The standard InChI is InChI=1S/C16H8N6O3/c23-22(24)10-7-5-9(6-8-10)15-20-21-14-13(18-19-16(21)25-15)11-3-1-2-4-12(11)17-14/h1-8H. The summed E-state index contributed by atoms with van der Waals surface area (Å²) in [5.74, 6) is 1.02. The lowest BCUT2D eigenvalue weighted by atomic mass is 10.2. The molecule has 0 N–H and O–H groups in total. The third kappa shape index (κ3) is 1.96. The SMILES string of the molecule is O=[N+]([O-])c1ccc(-c2nn3c4nc5ccccc5c-4nnc3o2)cc1. The van der Waals surface area contributed by atoms with Crippen LogP contribution in [0.25, 0.3) is 39.7 Å². The van der Waals surface area contributed by atoms with Crippen LogP contribution < -0.4 is 0 Å². The van der Waals surface area contributed by atoms with E-state index in [1.807, 2.05) is 24.3 Å². The maximum absolute atomic E-state index is 10.8. The molecular formula is C16H8N6O3. The lowest BCUT2D eigenvalue weighted by Gasteiger charge is -1.95. The van der Waals surface area contributed by atoms with E-state index in [-0.39, 0.29) is 17.4 Å². The van der Waals surface area contributed by atoms with E-state index in [1.54, 1.807) is 12.1 Å². The molecule has 5 rings (SSSR count). The summed E-state index contributed by atoms with van der Waals surface area (Å²) in [6.07, 6.45) is 0. The van der Waals surface area contributed by atoms with Crippen LogP contribution in [0, 0.1) is 10.1 Å². The number of nitrogens with zero attached hydrogens (tertiary/aromatic N) is 6. The molecule has 1 aromatic heterocycles. The van der Waals surface area contributed by atoms with Crippen molar-refractivity contribution >= 4 is 22.4 Å². The van der Waals surface area contributed by atoms with E-state index in [0.29, 0.717) is 17.1 Å². The van der Waals surface area contributed by atoms with Crippen molar-refractivity contribution in [2.75, 3.05) is 0 Å². The first-order valence-electron chi connectivity index (χ1n) is 7.36. The Morgan fingerprint density at radius 1 is 1.04 bits per heavy atom.